The molecule has 1 amide bonds. The van der Waals surface area contributed by atoms with E-state index in [-0.39, 0.29) is 5.91 Å². The maximum absolute atomic E-state index is 11.8. The third-order valence-electron chi connectivity index (χ3n) is 2.74. The number of amides is 1. The van der Waals surface area contributed by atoms with Crippen LogP contribution in [0.1, 0.15) is 15.9 Å². The minimum absolute atomic E-state index is 0.156. The van der Waals surface area contributed by atoms with E-state index in [2.05, 4.69) is 5.32 Å². The van der Waals surface area contributed by atoms with Gasteiger partial charge in [-0.25, -0.2) is 0 Å². The molecular formula is C15H11NO2. The topological polar surface area (TPSA) is 38.3 Å². The molecule has 0 saturated heterocycles. The van der Waals surface area contributed by atoms with Gasteiger partial charge in [0.2, 0.25) is 0 Å². The molecule has 0 bridgehead atoms. The Bertz CT molecular complexity index is 617. The highest BCUT2D eigenvalue weighted by molar-refractivity contribution is 5.99. The van der Waals surface area contributed by atoms with Crippen molar-refractivity contribution in [1.29, 1.82) is 0 Å². The summed E-state index contributed by atoms with van der Waals surface area (Å²) in [6.07, 6.45) is 1.59. The van der Waals surface area contributed by atoms with Gasteiger partial charge in [0.25, 0.3) is 5.91 Å². The zero-order valence-corrected chi connectivity index (χ0v) is 9.59. The Hall–Kier alpha value is -2.55. The normalized spacial score (nSPS) is 13.8. The first-order valence-electron chi connectivity index (χ1n) is 5.68. The van der Waals surface area contributed by atoms with Gasteiger partial charge in [-0.05, 0) is 12.1 Å². The monoisotopic (exact) mass is 237 g/mol. The van der Waals surface area contributed by atoms with Crippen molar-refractivity contribution in [2.75, 3.05) is 0 Å². The van der Waals surface area contributed by atoms with Crippen molar-refractivity contribution in [3.8, 4) is 5.75 Å². The fourth-order valence-corrected chi connectivity index (χ4v) is 1.84. The lowest BCUT2D eigenvalue weighted by atomic mass is 10.2. The minimum atomic E-state index is -0.156. The maximum Gasteiger partial charge on any atom is 0.259 e. The number of benzene rings is 2. The molecule has 0 aromatic heterocycles. The van der Waals surface area contributed by atoms with E-state index < -0.39 is 0 Å². The van der Waals surface area contributed by atoms with Gasteiger partial charge in [-0.1, -0.05) is 42.5 Å². The summed E-state index contributed by atoms with van der Waals surface area (Å²) in [6, 6.07) is 16.9. The van der Waals surface area contributed by atoms with E-state index >= 15 is 0 Å². The van der Waals surface area contributed by atoms with Gasteiger partial charge in [-0.15, -0.1) is 0 Å². The summed E-state index contributed by atoms with van der Waals surface area (Å²) in [5, 5.41) is 2.72. The highest BCUT2D eigenvalue weighted by atomic mass is 16.5. The molecule has 1 heterocycles. The van der Waals surface area contributed by atoms with Crippen molar-refractivity contribution in [2.24, 2.45) is 0 Å². The molecule has 0 spiro atoms. The van der Waals surface area contributed by atoms with Crippen LogP contribution in [0.25, 0.3) is 5.76 Å². The summed E-state index contributed by atoms with van der Waals surface area (Å²) in [6.45, 7) is 0. The van der Waals surface area contributed by atoms with Crippen molar-refractivity contribution in [1.82, 2.24) is 5.32 Å². The van der Waals surface area contributed by atoms with E-state index in [4.69, 9.17) is 4.74 Å². The smallest absolute Gasteiger partial charge is 0.259 e. The van der Waals surface area contributed by atoms with Crippen LogP contribution in [-0.2, 0) is 0 Å². The van der Waals surface area contributed by atoms with Crippen LogP contribution >= 0.6 is 0 Å². The molecule has 18 heavy (non-hydrogen) atoms. The van der Waals surface area contributed by atoms with Gasteiger partial charge in [0.15, 0.2) is 5.76 Å². The van der Waals surface area contributed by atoms with E-state index in [0.717, 1.165) is 5.56 Å². The second-order valence-corrected chi connectivity index (χ2v) is 3.95. The van der Waals surface area contributed by atoms with Crippen LogP contribution < -0.4 is 10.1 Å². The molecule has 88 valence electrons. The van der Waals surface area contributed by atoms with Gasteiger partial charge in [0, 0.05) is 11.8 Å². The Morgan fingerprint density at radius 2 is 1.61 bits per heavy atom. The molecule has 0 aliphatic carbocycles. The van der Waals surface area contributed by atoms with E-state index in [1.807, 2.05) is 42.5 Å². The first-order chi connectivity index (χ1) is 8.84. The Morgan fingerprint density at radius 3 is 2.44 bits per heavy atom. The fourth-order valence-electron chi connectivity index (χ4n) is 1.84. The van der Waals surface area contributed by atoms with Crippen LogP contribution in [0.2, 0.25) is 0 Å². The van der Waals surface area contributed by atoms with Gasteiger partial charge >= 0.3 is 0 Å². The Kier molecular flexibility index (Phi) is 2.57. The lowest BCUT2D eigenvalue weighted by Gasteiger charge is -2.09. The van der Waals surface area contributed by atoms with E-state index in [0.29, 0.717) is 17.1 Å². The SMILES string of the molecule is O=C1NC=C(c2ccccc2)Oc2ccccc21. The molecule has 0 radical (unpaired) electrons. The molecule has 3 rings (SSSR count). The molecule has 0 unspecified atom stereocenters. The van der Waals surface area contributed by atoms with Crippen LogP contribution in [0.4, 0.5) is 0 Å². The van der Waals surface area contributed by atoms with Crippen molar-refractivity contribution in [3.63, 3.8) is 0 Å². The lowest BCUT2D eigenvalue weighted by Crippen LogP contribution is -2.15. The molecule has 1 aliphatic heterocycles. The molecule has 3 nitrogen and oxygen atoms in total. The molecule has 1 aliphatic rings. The van der Waals surface area contributed by atoms with E-state index in [1.165, 1.54) is 0 Å². The first-order valence-corrected chi connectivity index (χ1v) is 5.68. The van der Waals surface area contributed by atoms with Crippen molar-refractivity contribution >= 4 is 11.7 Å². The molecule has 1 N–H and O–H groups in total. The number of carbonyl (C=O) groups is 1. The highest BCUT2D eigenvalue weighted by Crippen LogP contribution is 2.26. The third-order valence-corrected chi connectivity index (χ3v) is 2.74. The predicted octanol–water partition coefficient (Wildman–Crippen LogP) is 2.81. The van der Waals surface area contributed by atoms with Crippen LogP contribution in [0.3, 0.4) is 0 Å². The molecular weight excluding hydrogens is 226 g/mol. The summed E-state index contributed by atoms with van der Waals surface area (Å²) in [4.78, 5) is 11.8. The quantitative estimate of drug-likeness (QED) is 0.828. The number of hydrogen-bond donors (Lipinski definition) is 1. The van der Waals surface area contributed by atoms with Crippen LogP contribution in [-0.4, -0.2) is 5.91 Å². The maximum atomic E-state index is 11.8. The minimum Gasteiger partial charge on any atom is -0.454 e. The number of fused-ring (bicyclic) bond motifs is 1. The molecule has 0 saturated carbocycles. The molecule has 2 aromatic rings. The number of rotatable bonds is 1. The van der Waals surface area contributed by atoms with Crippen molar-refractivity contribution in [2.45, 2.75) is 0 Å². The third kappa shape index (κ3) is 1.86. The summed E-state index contributed by atoms with van der Waals surface area (Å²) >= 11 is 0. The van der Waals surface area contributed by atoms with Crippen molar-refractivity contribution < 1.29 is 9.53 Å². The first kappa shape index (κ1) is 10.6. The fraction of sp³-hybridized carbons (Fsp3) is 0. The van der Waals surface area contributed by atoms with Crippen molar-refractivity contribution in [3.05, 3.63) is 71.9 Å². The van der Waals surface area contributed by atoms with Crippen LogP contribution in [0.15, 0.2) is 60.8 Å². The number of para-hydroxylation sites is 1. The van der Waals surface area contributed by atoms with Gasteiger partial charge in [0.1, 0.15) is 5.75 Å². The Labute approximate surface area is 105 Å². The molecule has 0 atom stereocenters. The molecule has 2 aromatic carbocycles. The zero-order valence-electron chi connectivity index (χ0n) is 9.59. The van der Waals surface area contributed by atoms with E-state index in [1.54, 1.807) is 18.3 Å². The molecule has 3 heteroatoms. The average molecular weight is 237 g/mol. The zero-order chi connectivity index (χ0) is 12.4. The standard InChI is InChI=1S/C15H11NO2/c17-15-12-8-4-5-9-13(12)18-14(10-16-15)11-6-2-1-3-7-11/h1-10H,(H,16,17). The van der Waals surface area contributed by atoms with Gasteiger partial charge < -0.3 is 10.1 Å². The number of hydrogen-bond acceptors (Lipinski definition) is 2. The van der Waals surface area contributed by atoms with Gasteiger partial charge in [-0.3, -0.25) is 4.79 Å². The average Bonchev–Trinajstić information content (AvgIpc) is 2.60. The van der Waals surface area contributed by atoms with Gasteiger partial charge in [0.05, 0.1) is 5.56 Å². The molecule has 0 fully saturated rings. The number of carbonyl (C=O) groups excluding carboxylic acids is 1. The summed E-state index contributed by atoms with van der Waals surface area (Å²) in [5.41, 5.74) is 1.47. The number of ether oxygens (including phenoxy) is 1. The summed E-state index contributed by atoms with van der Waals surface area (Å²) in [7, 11) is 0. The Balaban J connectivity index is 2.04. The van der Waals surface area contributed by atoms with Crippen LogP contribution in [0, 0.1) is 0 Å². The summed E-state index contributed by atoms with van der Waals surface area (Å²) < 4.78 is 5.79. The Morgan fingerprint density at radius 1 is 0.889 bits per heavy atom. The predicted molar refractivity (Wildman–Crippen MR) is 69.0 cm³/mol. The van der Waals surface area contributed by atoms with Crippen LogP contribution in [0.5, 0.6) is 5.75 Å². The second kappa shape index (κ2) is 4.37. The lowest BCUT2D eigenvalue weighted by molar-refractivity contribution is 0.0970. The largest absolute Gasteiger partial charge is 0.454 e. The van der Waals surface area contributed by atoms with Gasteiger partial charge in [-0.2, -0.15) is 0 Å². The highest BCUT2D eigenvalue weighted by Gasteiger charge is 2.17. The van der Waals surface area contributed by atoms with E-state index in [9.17, 15) is 4.79 Å². The number of nitrogens with one attached hydrogen (secondary N) is 1. The summed E-state index contributed by atoms with van der Waals surface area (Å²) in [5.74, 6) is 1.05. The second-order valence-electron chi connectivity index (χ2n) is 3.95.